The van der Waals surface area contributed by atoms with Gasteiger partial charge in [0.15, 0.2) is 15.8 Å². The molecule has 0 saturated heterocycles. The fraction of sp³-hybridized carbons (Fsp3) is 0.182. The Morgan fingerprint density at radius 2 is 2.11 bits per heavy atom. The zero-order valence-electron chi connectivity index (χ0n) is 8.96. The molecule has 2 aromatic rings. The quantitative estimate of drug-likeness (QED) is 0.836. The number of para-hydroxylation sites is 1. The van der Waals surface area contributed by atoms with E-state index in [9.17, 15) is 9.59 Å². The molecule has 1 aromatic carbocycles. The number of fused-ring (bicyclic) bond motifs is 1. The molecular formula is C11H8BrNO3S2. The lowest BCUT2D eigenvalue weighted by Gasteiger charge is -2.05. The van der Waals surface area contributed by atoms with Gasteiger partial charge in [-0.05, 0) is 28.1 Å². The molecule has 1 atom stereocenters. The molecule has 2 rings (SSSR count). The van der Waals surface area contributed by atoms with Crippen molar-refractivity contribution in [3.63, 3.8) is 0 Å². The van der Waals surface area contributed by atoms with E-state index >= 15 is 0 Å². The largest absolute Gasteiger partial charge is 0.439 e. The van der Waals surface area contributed by atoms with Gasteiger partial charge in [-0.25, -0.2) is 4.98 Å². The lowest BCUT2D eigenvalue weighted by Crippen LogP contribution is -2.10. The molecule has 0 bridgehead atoms. The van der Waals surface area contributed by atoms with E-state index in [1.165, 1.54) is 0 Å². The highest BCUT2D eigenvalue weighted by Gasteiger charge is 2.26. The van der Waals surface area contributed by atoms with Crippen LogP contribution in [0.1, 0.15) is 18.2 Å². The molecule has 18 heavy (non-hydrogen) atoms. The number of hydrogen-bond donors (Lipinski definition) is 2. The lowest BCUT2D eigenvalue weighted by molar-refractivity contribution is -0.117. The topological polar surface area (TPSA) is 60.2 Å². The number of rotatable bonds is 4. The van der Waals surface area contributed by atoms with Crippen LogP contribution in [0.5, 0.6) is 0 Å². The Morgan fingerprint density at radius 1 is 1.39 bits per heavy atom. The van der Waals surface area contributed by atoms with Gasteiger partial charge in [-0.15, -0.1) is 25.3 Å². The maximum absolute atomic E-state index is 11.4. The van der Waals surface area contributed by atoms with Crippen LogP contribution in [-0.4, -0.2) is 15.2 Å². The molecule has 7 heteroatoms. The van der Waals surface area contributed by atoms with Crippen molar-refractivity contribution in [2.45, 2.75) is 12.3 Å². The van der Waals surface area contributed by atoms with E-state index in [0.717, 1.165) is 4.47 Å². The lowest BCUT2D eigenvalue weighted by atomic mass is 10.1. The van der Waals surface area contributed by atoms with Crippen molar-refractivity contribution in [3.05, 3.63) is 28.6 Å². The number of carbonyl (C=O) groups is 2. The van der Waals surface area contributed by atoms with E-state index < -0.39 is 16.1 Å². The smallest absolute Gasteiger partial charge is 0.207 e. The zero-order valence-corrected chi connectivity index (χ0v) is 12.3. The van der Waals surface area contributed by atoms with E-state index in [2.05, 4.69) is 46.2 Å². The Morgan fingerprint density at radius 3 is 2.67 bits per heavy atom. The fourth-order valence-electron chi connectivity index (χ4n) is 1.54. The SMILES string of the molecule is O=C(S)CC(C(=O)S)c1nc2cccc(Br)c2o1. The fourth-order valence-corrected chi connectivity index (χ4v) is 2.36. The van der Waals surface area contributed by atoms with Gasteiger partial charge in [0.2, 0.25) is 5.89 Å². The van der Waals surface area contributed by atoms with E-state index in [4.69, 9.17) is 4.42 Å². The van der Waals surface area contributed by atoms with Gasteiger partial charge >= 0.3 is 0 Å². The van der Waals surface area contributed by atoms with E-state index in [0.29, 0.717) is 11.1 Å². The summed E-state index contributed by atoms with van der Waals surface area (Å²) in [5.74, 6) is -0.628. The predicted octanol–water partition coefficient (Wildman–Crippen LogP) is 2.98. The van der Waals surface area contributed by atoms with Crippen molar-refractivity contribution in [1.82, 2.24) is 4.98 Å². The van der Waals surface area contributed by atoms with E-state index in [1.54, 1.807) is 18.2 Å². The third-order valence-corrected chi connectivity index (χ3v) is 3.48. The van der Waals surface area contributed by atoms with Gasteiger partial charge in [0.25, 0.3) is 0 Å². The van der Waals surface area contributed by atoms with Crippen LogP contribution in [0.3, 0.4) is 0 Å². The minimum atomic E-state index is -0.808. The molecule has 1 heterocycles. The average Bonchev–Trinajstić information content (AvgIpc) is 2.70. The molecule has 1 aromatic heterocycles. The molecule has 0 radical (unpaired) electrons. The Labute approximate surface area is 122 Å². The number of thiol groups is 2. The summed E-state index contributed by atoms with van der Waals surface area (Å²) < 4.78 is 6.25. The molecule has 0 aliphatic heterocycles. The molecule has 4 nitrogen and oxygen atoms in total. The molecule has 94 valence electrons. The summed E-state index contributed by atoms with van der Waals surface area (Å²) in [6.07, 6.45) is -0.0874. The maximum Gasteiger partial charge on any atom is 0.207 e. The van der Waals surface area contributed by atoms with Crippen molar-refractivity contribution in [1.29, 1.82) is 0 Å². The normalized spacial score (nSPS) is 12.6. The van der Waals surface area contributed by atoms with Crippen molar-refractivity contribution < 1.29 is 14.0 Å². The Bertz CT molecular complexity index is 626. The highest BCUT2D eigenvalue weighted by atomic mass is 79.9. The number of aromatic nitrogens is 1. The van der Waals surface area contributed by atoms with Gasteiger partial charge in [0.05, 0.1) is 4.47 Å². The van der Waals surface area contributed by atoms with Gasteiger partial charge in [-0.2, -0.15) is 0 Å². The predicted molar refractivity (Wildman–Crippen MR) is 77.1 cm³/mol. The van der Waals surface area contributed by atoms with Crippen molar-refractivity contribution in [2.24, 2.45) is 0 Å². The summed E-state index contributed by atoms with van der Waals surface area (Å²) in [7, 11) is 0. The number of carbonyl (C=O) groups excluding carboxylic acids is 2. The summed E-state index contributed by atoms with van der Waals surface area (Å²) in [4.78, 5) is 26.6. The number of nitrogens with zero attached hydrogens (tertiary/aromatic N) is 1. The van der Waals surface area contributed by atoms with Gasteiger partial charge in [-0.1, -0.05) is 6.07 Å². The minimum Gasteiger partial charge on any atom is -0.439 e. The van der Waals surface area contributed by atoms with Crippen molar-refractivity contribution >= 4 is 62.5 Å². The third kappa shape index (κ3) is 2.78. The average molecular weight is 346 g/mol. The van der Waals surface area contributed by atoms with Crippen LogP contribution >= 0.6 is 41.2 Å². The first-order chi connectivity index (χ1) is 8.49. The molecule has 0 amide bonds. The molecule has 1 unspecified atom stereocenters. The first kappa shape index (κ1) is 13.6. The van der Waals surface area contributed by atoms with Crippen LogP contribution in [0.15, 0.2) is 27.1 Å². The molecule has 0 fully saturated rings. The highest BCUT2D eigenvalue weighted by molar-refractivity contribution is 9.10. The molecular weight excluding hydrogens is 338 g/mol. The highest BCUT2D eigenvalue weighted by Crippen LogP contribution is 2.30. The number of oxazole rings is 1. The van der Waals surface area contributed by atoms with Gasteiger partial charge in [-0.3, -0.25) is 9.59 Å². The number of hydrogen-bond acceptors (Lipinski definition) is 4. The van der Waals surface area contributed by atoms with Gasteiger partial charge in [0, 0.05) is 6.42 Å². The standard InChI is InChI=1S/C11H8BrNO3S2/c12-6-2-1-3-7-9(6)16-10(13-7)5(11(15)18)4-8(14)17/h1-3,5H,4H2,(H,14,17)(H,15,18). The van der Waals surface area contributed by atoms with Gasteiger partial charge < -0.3 is 4.42 Å². The van der Waals surface area contributed by atoms with Crippen molar-refractivity contribution in [2.75, 3.05) is 0 Å². The summed E-state index contributed by atoms with van der Waals surface area (Å²) in [6.45, 7) is 0. The Kier molecular flexibility index (Phi) is 4.14. The van der Waals surface area contributed by atoms with Crippen LogP contribution in [0.4, 0.5) is 0 Å². The van der Waals surface area contributed by atoms with E-state index in [1.807, 2.05) is 0 Å². The summed E-state index contributed by atoms with van der Waals surface area (Å²) >= 11 is 10.7. The van der Waals surface area contributed by atoms with Crippen molar-refractivity contribution in [3.8, 4) is 0 Å². The summed E-state index contributed by atoms with van der Waals surface area (Å²) in [5, 5.41) is -0.885. The molecule has 0 aliphatic rings. The second-order valence-corrected chi connectivity index (χ2v) is 5.42. The number of halogens is 1. The molecule has 0 saturated carbocycles. The van der Waals surface area contributed by atoms with Gasteiger partial charge in [0.1, 0.15) is 11.4 Å². The first-order valence-corrected chi connectivity index (χ1v) is 6.67. The summed E-state index contributed by atoms with van der Waals surface area (Å²) in [5.41, 5.74) is 1.16. The molecule has 0 spiro atoms. The van der Waals surface area contributed by atoms with E-state index in [-0.39, 0.29) is 12.3 Å². The second kappa shape index (κ2) is 5.46. The molecule has 0 aliphatic carbocycles. The van der Waals surface area contributed by atoms with Crippen LogP contribution in [0.2, 0.25) is 0 Å². The maximum atomic E-state index is 11.4. The Balaban J connectivity index is 2.48. The van der Waals surface area contributed by atoms with Crippen LogP contribution in [0.25, 0.3) is 11.1 Å². The second-order valence-electron chi connectivity index (χ2n) is 3.63. The third-order valence-electron chi connectivity index (χ3n) is 2.36. The zero-order chi connectivity index (χ0) is 13.3. The minimum absolute atomic E-state index is 0.0874. The first-order valence-electron chi connectivity index (χ1n) is 4.98. The summed E-state index contributed by atoms with van der Waals surface area (Å²) in [6, 6.07) is 5.37. The van der Waals surface area contributed by atoms with Crippen LogP contribution in [0, 0.1) is 0 Å². The van der Waals surface area contributed by atoms with Crippen LogP contribution in [-0.2, 0) is 9.59 Å². The molecule has 0 N–H and O–H groups in total. The Hall–Kier alpha value is -0.790. The van der Waals surface area contributed by atoms with Crippen LogP contribution < -0.4 is 0 Å². The monoisotopic (exact) mass is 345 g/mol. The number of benzene rings is 1.